The number of hydrogen-bond acceptors (Lipinski definition) is 2. The van der Waals surface area contributed by atoms with Gasteiger partial charge in [-0.05, 0) is 18.6 Å². The molecular formula is C11H16ClNO. The molecule has 0 spiro atoms. The quantitative estimate of drug-likeness (QED) is 0.812. The fraction of sp³-hybridized carbons (Fsp3) is 0.455. The van der Waals surface area contributed by atoms with Crippen LogP contribution in [0.3, 0.4) is 0 Å². The van der Waals surface area contributed by atoms with Crippen molar-refractivity contribution in [1.82, 2.24) is 0 Å². The van der Waals surface area contributed by atoms with Gasteiger partial charge in [-0.25, -0.2) is 0 Å². The number of para-hydroxylation sites is 1. The second kappa shape index (κ2) is 5.23. The predicted molar refractivity (Wildman–Crippen MR) is 61.1 cm³/mol. The summed E-state index contributed by atoms with van der Waals surface area (Å²) in [6.07, 6.45) is 1.12. The second-order valence-corrected chi connectivity index (χ2v) is 3.62. The lowest BCUT2D eigenvalue weighted by Gasteiger charge is -2.17. The first-order valence-electron chi connectivity index (χ1n) is 4.81. The Morgan fingerprint density at radius 2 is 2.00 bits per heavy atom. The van der Waals surface area contributed by atoms with E-state index in [0.717, 1.165) is 19.5 Å². The molecule has 2 rings (SSSR count). The molecule has 0 amide bonds. The van der Waals surface area contributed by atoms with Crippen LogP contribution in [-0.2, 0) is 0 Å². The minimum atomic E-state index is 0. The molecule has 1 aromatic rings. The van der Waals surface area contributed by atoms with Gasteiger partial charge < -0.3 is 10.0 Å². The zero-order valence-electron chi connectivity index (χ0n) is 8.10. The van der Waals surface area contributed by atoms with Gasteiger partial charge in [-0.3, -0.25) is 0 Å². The summed E-state index contributed by atoms with van der Waals surface area (Å²) in [4.78, 5) is 2.33. The standard InChI is InChI=1S/C11H15NO.ClH/c13-9-10-6-7-12(8-10)11-4-2-1-3-5-11;/h1-5,10,13H,6-9H2;1H. The van der Waals surface area contributed by atoms with Crippen LogP contribution in [0.1, 0.15) is 6.42 Å². The molecular weight excluding hydrogens is 198 g/mol. The summed E-state index contributed by atoms with van der Waals surface area (Å²) < 4.78 is 0. The van der Waals surface area contributed by atoms with Gasteiger partial charge in [0.05, 0.1) is 0 Å². The molecule has 0 radical (unpaired) electrons. The van der Waals surface area contributed by atoms with Crippen molar-refractivity contribution in [2.24, 2.45) is 5.92 Å². The minimum absolute atomic E-state index is 0. The summed E-state index contributed by atoms with van der Waals surface area (Å²) in [5, 5.41) is 9.00. The van der Waals surface area contributed by atoms with E-state index in [1.54, 1.807) is 0 Å². The van der Waals surface area contributed by atoms with E-state index in [0.29, 0.717) is 12.5 Å². The molecule has 1 saturated heterocycles. The van der Waals surface area contributed by atoms with Gasteiger partial charge in [-0.1, -0.05) is 18.2 Å². The number of nitrogens with zero attached hydrogens (tertiary/aromatic N) is 1. The summed E-state index contributed by atoms with van der Waals surface area (Å²) in [6, 6.07) is 10.4. The fourth-order valence-electron chi connectivity index (χ4n) is 1.86. The van der Waals surface area contributed by atoms with Crippen molar-refractivity contribution < 1.29 is 5.11 Å². The van der Waals surface area contributed by atoms with Gasteiger partial charge in [0.25, 0.3) is 0 Å². The fourth-order valence-corrected chi connectivity index (χ4v) is 1.86. The molecule has 78 valence electrons. The van der Waals surface area contributed by atoms with E-state index in [1.165, 1.54) is 5.69 Å². The van der Waals surface area contributed by atoms with E-state index in [-0.39, 0.29) is 12.4 Å². The van der Waals surface area contributed by atoms with Crippen LogP contribution in [0.2, 0.25) is 0 Å². The highest BCUT2D eigenvalue weighted by molar-refractivity contribution is 5.85. The zero-order chi connectivity index (χ0) is 9.10. The van der Waals surface area contributed by atoms with Gasteiger partial charge in [0.1, 0.15) is 0 Å². The molecule has 1 aromatic carbocycles. The molecule has 1 heterocycles. The van der Waals surface area contributed by atoms with Crippen molar-refractivity contribution in [2.75, 3.05) is 24.6 Å². The lowest BCUT2D eigenvalue weighted by Crippen LogP contribution is -2.20. The van der Waals surface area contributed by atoms with E-state index < -0.39 is 0 Å². The Morgan fingerprint density at radius 3 is 2.57 bits per heavy atom. The highest BCUT2D eigenvalue weighted by Crippen LogP contribution is 2.22. The second-order valence-electron chi connectivity index (χ2n) is 3.62. The maximum atomic E-state index is 9.00. The van der Waals surface area contributed by atoms with Gasteiger partial charge >= 0.3 is 0 Å². The van der Waals surface area contributed by atoms with Crippen LogP contribution in [0, 0.1) is 5.92 Å². The molecule has 2 nitrogen and oxygen atoms in total. The smallest absolute Gasteiger partial charge is 0.0476 e. The Bertz CT molecular complexity index is 265. The maximum Gasteiger partial charge on any atom is 0.0476 e. The normalized spacial score (nSPS) is 20.6. The van der Waals surface area contributed by atoms with Crippen LogP contribution < -0.4 is 4.90 Å². The molecule has 14 heavy (non-hydrogen) atoms. The Morgan fingerprint density at radius 1 is 1.29 bits per heavy atom. The Hall–Kier alpha value is -0.730. The zero-order valence-corrected chi connectivity index (χ0v) is 8.91. The summed E-state index contributed by atoms with van der Waals surface area (Å²) in [7, 11) is 0. The molecule has 1 unspecified atom stereocenters. The Balaban J connectivity index is 0.000000980. The van der Waals surface area contributed by atoms with Gasteiger partial charge in [0.2, 0.25) is 0 Å². The number of aliphatic hydroxyl groups is 1. The molecule has 1 N–H and O–H groups in total. The molecule has 0 bridgehead atoms. The lowest BCUT2D eigenvalue weighted by molar-refractivity contribution is 0.238. The number of aliphatic hydroxyl groups excluding tert-OH is 1. The van der Waals surface area contributed by atoms with Gasteiger partial charge in [-0.15, -0.1) is 12.4 Å². The van der Waals surface area contributed by atoms with Crippen molar-refractivity contribution >= 4 is 18.1 Å². The topological polar surface area (TPSA) is 23.5 Å². The van der Waals surface area contributed by atoms with E-state index in [9.17, 15) is 0 Å². The summed E-state index contributed by atoms with van der Waals surface area (Å²) in [6.45, 7) is 2.40. The highest BCUT2D eigenvalue weighted by atomic mass is 35.5. The minimum Gasteiger partial charge on any atom is -0.396 e. The summed E-state index contributed by atoms with van der Waals surface area (Å²) in [5.41, 5.74) is 1.28. The number of anilines is 1. The highest BCUT2D eigenvalue weighted by Gasteiger charge is 2.21. The number of halogens is 1. The van der Waals surface area contributed by atoms with Crippen LogP contribution in [0.25, 0.3) is 0 Å². The van der Waals surface area contributed by atoms with E-state index >= 15 is 0 Å². The first kappa shape index (κ1) is 11.3. The van der Waals surface area contributed by atoms with Crippen molar-refractivity contribution in [3.05, 3.63) is 30.3 Å². The maximum absolute atomic E-state index is 9.00. The average molecular weight is 214 g/mol. The van der Waals surface area contributed by atoms with Crippen molar-refractivity contribution in [3.8, 4) is 0 Å². The molecule has 0 aromatic heterocycles. The molecule has 3 heteroatoms. The summed E-state index contributed by atoms with van der Waals surface area (Å²) in [5.74, 6) is 0.472. The van der Waals surface area contributed by atoms with E-state index in [2.05, 4.69) is 29.2 Å². The summed E-state index contributed by atoms with van der Waals surface area (Å²) >= 11 is 0. The lowest BCUT2D eigenvalue weighted by atomic mass is 10.1. The number of rotatable bonds is 2. The number of benzene rings is 1. The third kappa shape index (κ3) is 2.40. The van der Waals surface area contributed by atoms with Crippen LogP contribution >= 0.6 is 12.4 Å². The van der Waals surface area contributed by atoms with Crippen LogP contribution in [0.4, 0.5) is 5.69 Å². The predicted octanol–water partition coefficient (Wildman–Crippen LogP) is 1.93. The van der Waals surface area contributed by atoms with Crippen LogP contribution in [-0.4, -0.2) is 24.8 Å². The third-order valence-electron chi connectivity index (χ3n) is 2.67. The third-order valence-corrected chi connectivity index (χ3v) is 2.67. The Kier molecular flexibility index (Phi) is 4.23. The Labute approximate surface area is 91.0 Å². The van der Waals surface area contributed by atoms with Crippen molar-refractivity contribution in [1.29, 1.82) is 0 Å². The number of hydrogen-bond donors (Lipinski definition) is 1. The molecule has 1 aliphatic heterocycles. The molecule has 1 atom stereocenters. The molecule has 1 aliphatic rings. The van der Waals surface area contributed by atoms with Crippen LogP contribution in [0.5, 0.6) is 0 Å². The van der Waals surface area contributed by atoms with Gasteiger partial charge in [0, 0.05) is 31.3 Å². The van der Waals surface area contributed by atoms with Crippen molar-refractivity contribution in [2.45, 2.75) is 6.42 Å². The van der Waals surface area contributed by atoms with Crippen molar-refractivity contribution in [3.63, 3.8) is 0 Å². The first-order chi connectivity index (χ1) is 6.40. The van der Waals surface area contributed by atoms with Crippen LogP contribution in [0.15, 0.2) is 30.3 Å². The van der Waals surface area contributed by atoms with Gasteiger partial charge in [0.15, 0.2) is 0 Å². The largest absolute Gasteiger partial charge is 0.396 e. The van der Waals surface area contributed by atoms with E-state index in [4.69, 9.17) is 5.11 Å². The molecule has 0 saturated carbocycles. The average Bonchev–Trinajstić information content (AvgIpc) is 2.67. The first-order valence-corrected chi connectivity index (χ1v) is 4.81. The molecule has 1 fully saturated rings. The van der Waals surface area contributed by atoms with E-state index in [1.807, 2.05) is 6.07 Å². The monoisotopic (exact) mass is 213 g/mol. The SMILES string of the molecule is Cl.OCC1CCN(c2ccccc2)C1. The van der Waals surface area contributed by atoms with Gasteiger partial charge in [-0.2, -0.15) is 0 Å². The molecule has 0 aliphatic carbocycles.